The van der Waals surface area contributed by atoms with Crippen LogP contribution in [0.2, 0.25) is 0 Å². The third kappa shape index (κ3) is 5.74. The Hall–Kier alpha value is -3.85. The fourth-order valence-electron chi connectivity index (χ4n) is 3.42. The lowest BCUT2D eigenvalue weighted by Crippen LogP contribution is -2.22. The van der Waals surface area contributed by atoms with Crippen LogP contribution in [0.1, 0.15) is 18.4 Å². The fraction of sp³-hybridized carbons (Fsp3) is 0.160. The van der Waals surface area contributed by atoms with Gasteiger partial charge < -0.3 is 15.7 Å². The van der Waals surface area contributed by atoms with Crippen molar-refractivity contribution in [3.63, 3.8) is 0 Å². The zero-order valence-corrected chi connectivity index (χ0v) is 19.1. The number of hydrogen-bond acceptors (Lipinski definition) is 6. The zero-order valence-electron chi connectivity index (χ0n) is 18.3. The number of carbonyl (C=O) groups excluding carboxylic acids is 1. The third-order valence-corrected chi connectivity index (χ3v) is 5.59. The first-order chi connectivity index (χ1) is 16.7. The molecule has 34 heavy (non-hydrogen) atoms. The number of fused-ring (bicyclic) bond motifs is 1. The first-order valence-electron chi connectivity index (χ1n) is 10.9. The van der Waals surface area contributed by atoms with Crippen LogP contribution < -0.4 is 10.6 Å². The van der Waals surface area contributed by atoms with Gasteiger partial charge in [-0.1, -0.05) is 42.5 Å². The Morgan fingerprint density at radius 2 is 1.85 bits per heavy atom. The molecule has 0 aliphatic carbocycles. The molecule has 4 aromatic rings. The second-order valence-electron chi connectivity index (χ2n) is 7.53. The fourth-order valence-corrected chi connectivity index (χ4v) is 3.71. The van der Waals surface area contributed by atoms with Crippen molar-refractivity contribution in [2.24, 2.45) is 0 Å². The number of phenols is 1. The smallest absolute Gasteiger partial charge is 0.243 e. The molecule has 0 radical (unpaired) electrons. The maximum atomic E-state index is 13.4. The molecule has 0 fully saturated rings. The summed E-state index contributed by atoms with van der Waals surface area (Å²) in [5, 5.41) is 20.6. The lowest BCUT2D eigenvalue weighted by molar-refractivity contribution is -0.116. The van der Waals surface area contributed by atoms with Crippen LogP contribution in [0.15, 0.2) is 77.8 Å². The van der Waals surface area contributed by atoms with E-state index in [-0.39, 0.29) is 23.8 Å². The summed E-state index contributed by atoms with van der Waals surface area (Å²) in [7, 11) is 0. The molecular weight excluding hydrogens is 453 g/mol. The molecule has 174 valence electrons. The number of carbonyl (C=O) groups is 1. The van der Waals surface area contributed by atoms with Gasteiger partial charge in [-0.2, -0.15) is 13.5 Å². The number of nitrogens with one attached hydrogen (secondary N) is 2. The summed E-state index contributed by atoms with van der Waals surface area (Å²) in [5.74, 6) is 0.600. The highest BCUT2D eigenvalue weighted by Crippen LogP contribution is 2.32. The van der Waals surface area contributed by atoms with E-state index in [2.05, 4.69) is 20.7 Å². The molecule has 3 N–H and O–H groups in total. The van der Waals surface area contributed by atoms with E-state index in [0.29, 0.717) is 40.7 Å². The number of unbranched alkanes of at least 4 members (excludes halogenated alkanes) is 1. The average molecular weight is 478 g/mol. The van der Waals surface area contributed by atoms with Gasteiger partial charge in [-0.3, -0.25) is 4.79 Å². The Kier molecular flexibility index (Phi) is 7.77. The van der Waals surface area contributed by atoms with E-state index in [0.717, 1.165) is 18.4 Å². The Balaban J connectivity index is 1.34. The Labute approximate surface area is 201 Å². The molecule has 0 unspecified atom stereocenters. The minimum atomic E-state index is -0.132. The molecule has 0 bridgehead atoms. The van der Waals surface area contributed by atoms with Gasteiger partial charge in [0, 0.05) is 30.8 Å². The van der Waals surface area contributed by atoms with Gasteiger partial charge in [0.15, 0.2) is 5.65 Å². The Bertz CT molecular complexity index is 1290. The number of benzene rings is 2. The van der Waals surface area contributed by atoms with E-state index >= 15 is 0 Å². The van der Waals surface area contributed by atoms with Crippen LogP contribution in [-0.4, -0.2) is 38.7 Å². The summed E-state index contributed by atoms with van der Waals surface area (Å²) in [6, 6.07) is 18.3. The van der Waals surface area contributed by atoms with Crippen LogP contribution in [0, 0.1) is 0 Å². The summed E-state index contributed by atoms with van der Waals surface area (Å²) in [6.07, 6.45) is 6.31. The van der Waals surface area contributed by atoms with Crippen LogP contribution in [0.3, 0.4) is 0 Å². The predicted octanol–water partition coefficient (Wildman–Crippen LogP) is 5.10. The molecule has 1 amide bonds. The summed E-state index contributed by atoms with van der Waals surface area (Å²) in [5.41, 5.74) is 2.41. The van der Waals surface area contributed by atoms with Crippen LogP contribution in [0.4, 0.5) is 9.70 Å². The normalized spacial score (nSPS) is 11.2. The van der Waals surface area contributed by atoms with Gasteiger partial charge in [-0.25, -0.2) is 4.98 Å². The zero-order chi connectivity index (χ0) is 23.8. The number of nitrogens with zero attached hydrogens (tertiary/aromatic N) is 3. The quantitative estimate of drug-likeness (QED) is 0.217. The summed E-state index contributed by atoms with van der Waals surface area (Å²) >= 11 is 0.0800. The van der Waals surface area contributed by atoms with E-state index < -0.39 is 0 Å². The molecule has 0 saturated heterocycles. The number of anilines is 1. The standard InChI is InChI=1S/C25H24FN5O2S/c26-34-22-17-29-31-23(16-20(30-25(22)31)19-10-4-5-11-21(19)32)27-14-6-7-15-28-24(33)13-12-18-8-2-1-3-9-18/h1-5,8-13,16-17,27,32H,6-7,14-15H2,(H,28,33)/b13-12+. The van der Waals surface area contributed by atoms with Crippen LogP contribution in [0.5, 0.6) is 5.75 Å². The monoisotopic (exact) mass is 477 g/mol. The molecule has 2 aromatic carbocycles. The van der Waals surface area contributed by atoms with Gasteiger partial charge in [0.2, 0.25) is 5.91 Å². The average Bonchev–Trinajstić information content (AvgIpc) is 3.29. The summed E-state index contributed by atoms with van der Waals surface area (Å²) in [6.45, 7) is 1.17. The predicted molar refractivity (Wildman–Crippen MR) is 133 cm³/mol. The van der Waals surface area contributed by atoms with Crippen molar-refractivity contribution in [3.05, 3.63) is 78.5 Å². The maximum absolute atomic E-state index is 13.4. The molecule has 4 rings (SSSR count). The van der Waals surface area contributed by atoms with Gasteiger partial charge in [0.05, 0.1) is 24.0 Å². The van der Waals surface area contributed by atoms with Crippen LogP contribution >= 0.6 is 12.1 Å². The first kappa shape index (κ1) is 23.3. The SMILES string of the molecule is O=C(/C=C/c1ccccc1)NCCCCNc1cc(-c2ccccc2O)nc2c(SF)cnn12. The molecule has 0 aliphatic rings. The second kappa shape index (κ2) is 11.3. The van der Waals surface area contributed by atoms with Gasteiger partial charge in [0.1, 0.15) is 16.5 Å². The lowest BCUT2D eigenvalue weighted by Gasteiger charge is -2.12. The molecule has 0 aliphatic heterocycles. The molecule has 7 nitrogen and oxygen atoms in total. The van der Waals surface area contributed by atoms with Crippen molar-refractivity contribution in [3.8, 4) is 17.0 Å². The Morgan fingerprint density at radius 3 is 2.65 bits per heavy atom. The van der Waals surface area contributed by atoms with Crippen LogP contribution in [-0.2, 0) is 4.79 Å². The second-order valence-corrected chi connectivity index (χ2v) is 8.13. The molecule has 2 heterocycles. The highest BCUT2D eigenvalue weighted by atomic mass is 32.2. The number of aromatic nitrogens is 3. The number of amides is 1. The van der Waals surface area contributed by atoms with Crippen molar-refractivity contribution < 1.29 is 13.8 Å². The minimum absolute atomic E-state index is 0.0800. The Morgan fingerprint density at radius 1 is 1.09 bits per heavy atom. The maximum Gasteiger partial charge on any atom is 0.243 e. The first-order valence-corrected chi connectivity index (χ1v) is 11.6. The lowest BCUT2D eigenvalue weighted by atomic mass is 10.1. The van der Waals surface area contributed by atoms with Crippen molar-refractivity contribution in [2.75, 3.05) is 18.4 Å². The molecule has 0 spiro atoms. The summed E-state index contributed by atoms with van der Waals surface area (Å²) in [4.78, 5) is 16.8. The topological polar surface area (TPSA) is 91.5 Å². The van der Waals surface area contributed by atoms with E-state index in [1.54, 1.807) is 40.9 Å². The van der Waals surface area contributed by atoms with Crippen molar-refractivity contribution in [1.82, 2.24) is 19.9 Å². The number of phenolic OH excluding ortho intramolecular Hbond substituents is 1. The number of rotatable bonds is 10. The van der Waals surface area contributed by atoms with E-state index in [4.69, 9.17) is 0 Å². The van der Waals surface area contributed by atoms with Crippen molar-refractivity contribution in [1.29, 1.82) is 0 Å². The van der Waals surface area contributed by atoms with E-state index in [9.17, 15) is 13.8 Å². The van der Waals surface area contributed by atoms with Crippen molar-refractivity contribution in [2.45, 2.75) is 17.7 Å². The van der Waals surface area contributed by atoms with E-state index in [1.165, 1.54) is 12.3 Å². The highest BCUT2D eigenvalue weighted by Gasteiger charge is 2.15. The third-order valence-electron chi connectivity index (χ3n) is 5.14. The number of halogens is 1. The van der Waals surface area contributed by atoms with Gasteiger partial charge in [-0.05, 0) is 36.6 Å². The van der Waals surface area contributed by atoms with Crippen molar-refractivity contribution >= 4 is 35.6 Å². The highest BCUT2D eigenvalue weighted by molar-refractivity contribution is 7.94. The largest absolute Gasteiger partial charge is 0.507 e. The minimum Gasteiger partial charge on any atom is -0.507 e. The van der Waals surface area contributed by atoms with E-state index in [1.807, 2.05) is 30.3 Å². The van der Waals surface area contributed by atoms with Gasteiger partial charge >= 0.3 is 0 Å². The molecule has 2 aromatic heterocycles. The number of aromatic hydroxyl groups is 1. The number of para-hydroxylation sites is 1. The summed E-state index contributed by atoms with van der Waals surface area (Å²) < 4.78 is 14.9. The van der Waals surface area contributed by atoms with Gasteiger partial charge in [0.25, 0.3) is 0 Å². The van der Waals surface area contributed by atoms with Crippen LogP contribution in [0.25, 0.3) is 23.0 Å². The molecule has 0 atom stereocenters. The number of hydrogen-bond donors (Lipinski definition) is 3. The molecule has 9 heteroatoms. The van der Waals surface area contributed by atoms with Gasteiger partial charge in [-0.15, -0.1) is 0 Å². The molecule has 0 saturated carbocycles. The molecular formula is C25H24FN5O2S.